The molecule has 0 radical (unpaired) electrons. The highest BCUT2D eigenvalue weighted by Gasteiger charge is 2.40. The van der Waals surface area contributed by atoms with Crippen LogP contribution in [0.4, 0.5) is 22.0 Å². The Kier molecular flexibility index (Phi) is 8.45. The van der Waals surface area contributed by atoms with E-state index in [1.807, 2.05) is 24.3 Å². The van der Waals surface area contributed by atoms with Gasteiger partial charge >= 0.3 is 12.1 Å². The molecule has 6 rings (SSSR count). The molecule has 7 nitrogen and oxygen atoms in total. The minimum atomic E-state index is -4.65. The number of nitrogens with zero attached hydrogens (tertiary/aromatic N) is 1. The number of halogens is 5. The van der Waals surface area contributed by atoms with Crippen LogP contribution in [0.25, 0.3) is 22.3 Å². The van der Waals surface area contributed by atoms with Crippen LogP contribution in [-0.4, -0.2) is 47.9 Å². The molecule has 0 aliphatic carbocycles. The number of aryl methyl sites for hydroxylation is 1. The molecule has 0 spiro atoms. The van der Waals surface area contributed by atoms with Gasteiger partial charge in [0.05, 0.1) is 12.0 Å². The van der Waals surface area contributed by atoms with Gasteiger partial charge < -0.3 is 19.8 Å². The molecule has 1 aliphatic rings. The fraction of sp³-hybridized carbons (Fsp3) is 0.273. The van der Waals surface area contributed by atoms with Crippen molar-refractivity contribution in [2.75, 3.05) is 11.5 Å². The molecule has 240 valence electrons. The van der Waals surface area contributed by atoms with Gasteiger partial charge in [0, 0.05) is 74.8 Å². The number of carboxylic acid groups (broad SMARTS) is 1. The van der Waals surface area contributed by atoms with Gasteiger partial charge in [-0.2, -0.15) is 13.2 Å². The highest BCUT2D eigenvalue weighted by molar-refractivity contribution is 7.85. The smallest absolute Gasteiger partial charge is 0.393 e. The minimum Gasteiger partial charge on any atom is -0.481 e. The van der Waals surface area contributed by atoms with Gasteiger partial charge in [-0.1, -0.05) is 24.3 Å². The second-order valence-electron chi connectivity index (χ2n) is 11.3. The van der Waals surface area contributed by atoms with Crippen LogP contribution < -0.4 is 4.74 Å². The molecule has 0 bridgehead atoms. The standard InChI is InChI=1S/C33H28F5N3O4S/c34-25-6-5-21(45-30-24(17-33(36,37)38)22-8-11-39-27(22)16-26(30)35)15-23(25)31-40-18-28(41-31)32(9-12-46(44)13-10-32)20-3-1-2-19(14-20)4-7-29(42)43/h1-3,5-6,8,11,14-16,18,39H,4,7,9-10,12-13,17H2,(H,40,41)(H,42,43). The predicted octanol–water partition coefficient (Wildman–Crippen LogP) is 7.58. The van der Waals surface area contributed by atoms with Gasteiger partial charge in [-0.25, -0.2) is 13.8 Å². The molecule has 46 heavy (non-hydrogen) atoms. The molecule has 3 aromatic carbocycles. The number of benzene rings is 3. The van der Waals surface area contributed by atoms with Crippen molar-refractivity contribution in [2.45, 2.75) is 43.7 Å². The van der Waals surface area contributed by atoms with E-state index in [0.29, 0.717) is 36.5 Å². The third-order valence-electron chi connectivity index (χ3n) is 8.37. The van der Waals surface area contributed by atoms with E-state index in [4.69, 9.17) is 9.84 Å². The lowest BCUT2D eigenvalue weighted by molar-refractivity contribution is -0.137. The first-order valence-electron chi connectivity index (χ1n) is 14.5. The van der Waals surface area contributed by atoms with Crippen LogP contribution in [0.15, 0.2) is 67.0 Å². The number of ether oxygens (including phenoxy) is 1. The zero-order valence-electron chi connectivity index (χ0n) is 24.2. The van der Waals surface area contributed by atoms with Crippen LogP contribution in [0.3, 0.4) is 0 Å². The molecular formula is C33H28F5N3O4S. The molecule has 0 unspecified atom stereocenters. The van der Waals surface area contributed by atoms with E-state index >= 15 is 8.78 Å². The second kappa shape index (κ2) is 12.3. The van der Waals surface area contributed by atoms with E-state index in [1.165, 1.54) is 24.4 Å². The van der Waals surface area contributed by atoms with Gasteiger partial charge in [0.15, 0.2) is 11.6 Å². The molecule has 0 amide bonds. The summed E-state index contributed by atoms with van der Waals surface area (Å²) in [5, 5.41) is 9.29. The maximum absolute atomic E-state index is 15.2. The Hall–Kier alpha value is -4.52. The number of hydrogen-bond acceptors (Lipinski definition) is 4. The molecule has 13 heteroatoms. The Bertz CT molecular complexity index is 1940. The third kappa shape index (κ3) is 6.41. The molecule has 0 saturated carbocycles. The van der Waals surface area contributed by atoms with Gasteiger partial charge in [0.1, 0.15) is 17.4 Å². The number of fused-ring (bicyclic) bond motifs is 1. The zero-order chi connectivity index (χ0) is 32.6. The fourth-order valence-corrected chi connectivity index (χ4v) is 7.43. The van der Waals surface area contributed by atoms with Crippen molar-refractivity contribution in [3.8, 4) is 22.9 Å². The summed E-state index contributed by atoms with van der Waals surface area (Å²) in [4.78, 5) is 21.5. The summed E-state index contributed by atoms with van der Waals surface area (Å²) in [7, 11) is -1.01. The summed E-state index contributed by atoms with van der Waals surface area (Å²) in [5.74, 6) is -2.38. The lowest BCUT2D eigenvalue weighted by atomic mass is 9.72. The molecular weight excluding hydrogens is 629 g/mol. The van der Waals surface area contributed by atoms with Crippen molar-refractivity contribution < 1.29 is 40.8 Å². The van der Waals surface area contributed by atoms with Crippen molar-refractivity contribution in [1.29, 1.82) is 0 Å². The Morgan fingerprint density at radius 3 is 2.57 bits per heavy atom. The topological polar surface area (TPSA) is 108 Å². The number of carbonyl (C=O) groups is 1. The van der Waals surface area contributed by atoms with Gasteiger partial charge in [-0.3, -0.25) is 9.00 Å². The number of H-pyrrole nitrogens is 2. The largest absolute Gasteiger partial charge is 0.481 e. The highest BCUT2D eigenvalue weighted by Crippen LogP contribution is 2.43. The number of rotatable bonds is 9. The van der Waals surface area contributed by atoms with E-state index in [1.54, 1.807) is 6.20 Å². The SMILES string of the molecule is O=C(O)CCc1cccc(C2(c3cnc(-c4cc(Oc5c(F)cc6[nH]ccc6c5CC(F)(F)F)ccc4F)[nH]3)CCS(=O)CC2)c1. The summed E-state index contributed by atoms with van der Waals surface area (Å²) >= 11 is 0. The molecule has 1 saturated heterocycles. The van der Waals surface area contributed by atoms with Crippen LogP contribution >= 0.6 is 0 Å². The maximum Gasteiger partial charge on any atom is 0.393 e. The van der Waals surface area contributed by atoms with Crippen LogP contribution in [0, 0.1) is 11.6 Å². The van der Waals surface area contributed by atoms with Crippen molar-refractivity contribution in [3.05, 3.63) is 101 Å². The van der Waals surface area contributed by atoms with Crippen LogP contribution in [0.5, 0.6) is 11.5 Å². The number of hydrogen-bond donors (Lipinski definition) is 3. The number of nitrogens with one attached hydrogen (secondary N) is 2. The van der Waals surface area contributed by atoms with Crippen LogP contribution in [0.1, 0.15) is 41.6 Å². The third-order valence-corrected chi connectivity index (χ3v) is 9.69. The van der Waals surface area contributed by atoms with Gasteiger partial charge in [0.25, 0.3) is 0 Å². The average Bonchev–Trinajstić information content (AvgIpc) is 3.69. The normalized spacial score (nSPS) is 18.6. The number of aliphatic carboxylic acids is 1. The molecule has 5 aromatic rings. The first-order valence-corrected chi connectivity index (χ1v) is 16.0. The first kappa shape index (κ1) is 31.5. The number of aromatic amines is 2. The van der Waals surface area contributed by atoms with E-state index in [0.717, 1.165) is 23.3 Å². The van der Waals surface area contributed by atoms with Crippen LogP contribution in [-0.2, 0) is 33.9 Å². The van der Waals surface area contributed by atoms with Crippen molar-refractivity contribution in [2.24, 2.45) is 0 Å². The number of alkyl halides is 3. The minimum absolute atomic E-state index is 0.0347. The monoisotopic (exact) mass is 657 g/mol. The van der Waals surface area contributed by atoms with E-state index < -0.39 is 57.7 Å². The predicted molar refractivity (Wildman–Crippen MR) is 162 cm³/mol. The summed E-state index contributed by atoms with van der Waals surface area (Å²) < 4.78 is 88.9. The quantitative estimate of drug-likeness (QED) is 0.142. The number of aromatic nitrogens is 3. The molecule has 3 N–H and O–H groups in total. The van der Waals surface area contributed by atoms with E-state index in [9.17, 15) is 22.2 Å². The lowest BCUT2D eigenvalue weighted by Gasteiger charge is -2.37. The van der Waals surface area contributed by atoms with Gasteiger partial charge in [-0.15, -0.1) is 0 Å². The summed E-state index contributed by atoms with van der Waals surface area (Å²) in [6.07, 6.45) is -1.81. The molecule has 0 atom stereocenters. The number of carboxylic acids is 1. The van der Waals surface area contributed by atoms with E-state index in [-0.39, 0.29) is 34.5 Å². The molecule has 2 aromatic heterocycles. The molecule has 1 fully saturated rings. The summed E-state index contributed by atoms with van der Waals surface area (Å²) in [5.41, 5.74) is 1.43. The zero-order valence-corrected chi connectivity index (χ0v) is 25.0. The lowest BCUT2D eigenvalue weighted by Crippen LogP contribution is -2.36. The van der Waals surface area contributed by atoms with E-state index in [2.05, 4.69) is 15.0 Å². The summed E-state index contributed by atoms with van der Waals surface area (Å²) in [6, 6.07) is 13.5. The fourth-order valence-electron chi connectivity index (χ4n) is 6.07. The van der Waals surface area contributed by atoms with Crippen LogP contribution in [0.2, 0.25) is 0 Å². The molecule has 1 aliphatic heterocycles. The van der Waals surface area contributed by atoms with Crippen molar-refractivity contribution in [3.63, 3.8) is 0 Å². The maximum atomic E-state index is 15.2. The van der Waals surface area contributed by atoms with Crippen molar-refractivity contribution >= 4 is 27.7 Å². The summed E-state index contributed by atoms with van der Waals surface area (Å²) in [6.45, 7) is 0. The number of imidazole rings is 1. The Morgan fingerprint density at radius 2 is 1.83 bits per heavy atom. The molecule has 3 heterocycles. The Morgan fingerprint density at radius 1 is 1.04 bits per heavy atom. The Balaban J connectivity index is 1.36. The second-order valence-corrected chi connectivity index (χ2v) is 13.0. The van der Waals surface area contributed by atoms with Crippen molar-refractivity contribution in [1.82, 2.24) is 15.0 Å². The Labute approximate surface area is 262 Å². The average molecular weight is 658 g/mol. The van der Waals surface area contributed by atoms with Gasteiger partial charge in [-0.05, 0) is 54.7 Å². The highest BCUT2D eigenvalue weighted by atomic mass is 32.2. The first-order chi connectivity index (χ1) is 21.9. The van der Waals surface area contributed by atoms with Gasteiger partial charge in [0.2, 0.25) is 0 Å².